The fraction of sp³-hybridized carbons (Fsp3) is 1.00. The Morgan fingerprint density at radius 3 is 2.00 bits per heavy atom. The summed E-state index contributed by atoms with van der Waals surface area (Å²) < 4.78 is 13.4. The number of rotatable bonds is 0. The van der Waals surface area contributed by atoms with Gasteiger partial charge in [0.05, 0.1) is 0 Å². The summed E-state index contributed by atoms with van der Waals surface area (Å²) in [6, 6.07) is 0. The highest BCUT2D eigenvalue weighted by Gasteiger charge is 2.62. The standard InChI is InChI=1S/C7H14FNO5/c1-6(14)3(11)2(10)4(12)7(8,9)5(6)13/h2-5,10-14H,9H2,1H3/t2-,3-,4+,5+,6-,7?/m0/s1. The summed E-state index contributed by atoms with van der Waals surface area (Å²) in [4.78, 5) is 0. The first-order chi connectivity index (χ1) is 6.13. The summed E-state index contributed by atoms with van der Waals surface area (Å²) in [5.41, 5.74) is 2.58. The van der Waals surface area contributed by atoms with Crippen LogP contribution in [-0.4, -0.2) is 61.3 Å². The minimum atomic E-state index is -3.07. The molecule has 1 saturated carbocycles. The zero-order valence-corrected chi connectivity index (χ0v) is 7.50. The number of aliphatic hydroxyl groups excluding tert-OH is 4. The molecule has 0 spiro atoms. The van der Waals surface area contributed by atoms with Crippen molar-refractivity contribution in [3.8, 4) is 0 Å². The Morgan fingerprint density at radius 1 is 1.14 bits per heavy atom. The molecule has 6 atom stereocenters. The quantitative estimate of drug-likeness (QED) is 0.234. The van der Waals surface area contributed by atoms with Gasteiger partial charge in [0.1, 0.15) is 30.0 Å². The first-order valence-electron chi connectivity index (χ1n) is 4.06. The molecule has 1 unspecified atom stereocenters. The van der Waals surface area contributed by atoms with Crippen molar-refractivity contribution in [1.82, 2.24) is 0 Å². The Kier molecular flexibility index (Phi) is 2.60. The highest BCUT2D eigenvalue weighted by molar-refractivity contribution is 5.11. The second-order valence-electron chi connectivity index (χ2n) is 3.84. The van der Waals surface area contributed by atoms with Gasteiger partial charge in [0, 0.05) is 0 Å². The molecular formula is C7H14FNO5. The van der Waals surface area contributed by atoms with E-state index >= 15 is 0 Å². The molecule has 0 radical (unpaired) electrons. The zero-order chi connectivity index (χ0) is 11.3. The lowest BCUT2D eigenvalue weighted by Crippen LogP contribution is -2.76. The average molecular weight is 211 g/mol. The second-order valence-corrected chi connectivity index (χ2v) is 3.84. The molecule has 0 aromatic heterocycles. The van der Waals surface area contributed by atoms with Gasteiger partial charge in [-0.1, -0.05) is 0 Å². The molecule has 1 aliphatic carbocycles. The fourth-order valence-electron chi connectivity index (χ4n) is 1.55. The lowest BCUT2D eigenvalue weighted by Gasteiger charge is -2.49. The van der Waals surface area contributed by atoms with Gasteiger partial charge in [0.2, 0.25) is 5.79 Å². The van der Waals surface area contributed by atoms with Crippen molar-refractivity contribution < 1.29 is 29.9 Å². The van der Waals surface area contributed by atoms with Crippen molar-refractivity contribution in [2.75, 3.05) is 0 Å². The third-order valence-electron chi connectivity index (χ3n) is 2.67. The monoisotopic (exact) mass is 211 g/mol. The summed E-state index contributed by atoms with van der Waals surface area (Å²) in [6.45, 7) is 0.915. The van der Waals surface area contributed by atoms with Crippen LogP contribution in [-0.2, 0) is 0 Å². The van der Waals surface area contributed by atoms with Gasteiger partial charge in [-0.3, -0.25) is 5.73 Å². The minimum absolute atomic E-state index is 0.915. The van der Waals surface area contributed by atoms with Gasteiger partial charge >= 0.3 is 0 Å². The summed E-state index contributed by atoms with van der Waals surface area (Å²) in [5, 5.41) is 46.2. The van der Waals surface area contributed by atoms with E-state index in [9.17, 15) is 19.7 Å². The first-order valence-corrected chi connectivity index (χ1v) is 4.06. The Balaban J connectivity index is 3.09. The Bertz CT molecular complexity index is 212. The molecule has 0 aliphatic heterocycles. The molecule has 1 aliphatic rings. The maximum absolute atomic E-state index is 13.4. The molecule has 1 rings (SSSR count). The maximum atomic E-state index is 13.4. The highest BCUT2D eigenvalue weighted by Crippen LogP contribution is 2.35. The predicted octanol–water partition coefficient (Wildman–Crippen LogP) is -3.18. The zero-order valence-electron chi connectivity index (χ0n) is 7.50. The molecule has 0 aromatic carbocycles. The third kappa shape index (κ3) is 1.33. The van der Waals surface area contributed by atoms with Gasteiger partial charge in [-0.2, -0.15) is 0 Å². The van der Waals surface area contributed by atoms with Crippen LogP contribution >= 0.6 is 0 Å². The predicted molar refractivity (Wildman–Crippen MR) is 42.7 cm³/mol. The van der Waals surface area contributed by atoms with Crippen LogP contribution in [0.3, 0.4) is 0 Å². The van der Waals surface area contributed by atoms with Crippen molar-refractivity contribution >= 4 is 0 Å². The lowest BCUT2D eigenvalue weighted by molar-refractivity contribution is -0.278. The van der Waals surface area contributed by atoms with E-state index in [1.165, 1.54) is 0 Å². The van der Waals surface area contributed by atoms with Crippen molar-refractivity contribution in [2.45, 2.75) is 42.7 Å². The van der Waals surface area contributed by atoms with Gasteiger partial charge in [-0.05, 0) is 6.92 Å². The second kappa shape index (κ2) is 3.09. The largest absolute Gasteiger partial charge is 0.387 e. The fourth-order valence-corrected chi connectivity index (χ4v) is 1.55. The molecule has 0 saturated heterocycles. The van der Waals surface area contributed by atoms with Crippen LogP contribution < -0.4 is 5.73 Å². The van der Waals surface area contributed by atoms with E-state index in [4.69, 9.17) is 15.9 Å². The smallest absolute Gasteiger partial charge is 0.216 e. The highest BCUT2D eigenvalue weighted by atomic mass is 19.1. The van der Waals surface area contributed by atoms with Crippen molar-refractivity contribution in [3.63, 3.8) is 0 Å². The molecule has 84 valence electrons. The lowest BCUT2D eigenvalue weighted by atomic mass is 9.73. The van der Waals surface area contributed by atoms with Crippen LogP contribution in [0.5, 0.6) is 0 Å². The molecule has 0 bridgehead atoms. The van der Waals surface area contributed by atoms with E-state index in [1.807, 2.05) is 0 Å². The number of halogens is 1. The number of alkyl halides is 1. The van der Waals surface area contributed by atoms with Crippen LogP contribution in [0.2, 0.25) is 0 Å². The van der Waals surface area contributed by atoms with E-state index in [1.54, 1.807) is 0 Å². The molecule has 0 amide bonds. The van der Waals surface area contributed by atoms with Crippen LogP contribution in [0.1, 0.15) is 6.92 Å². The average Bonchev–Trinajstić information content (AvgIpc) is 2.11. The van der Waals surface area contributed by atoms with Gasteiger partial charge in [-0.15, -0.1) is 0 Å². The van der Waals surface area contributed by atoms with E-state index in [2.05, 4.69) is 0 Å². The summed E-state index contributed by atoms with van der Waals surface area (Å²) in [7, 11) is 0. The van der Waals surface area contributed by atoms with Crippen LogP contribution in [0, 0.1) is 0 Å². The SMILES string of the molecule is C[C@]1(O)[C@@H](O)[C@H](O)[C@@H](O)C(N)(F)[C@@H]1O. The maximum Gasteiger partial charge on any atom is 0.216 e. The number of aliphatic hydroxyl groups is 5. The molecule has 0 aromatic rings. The molecule has 0 heterocycles. The summed E-state index contributed by atoms with van der Waals surface area (Å²) in [6.07, 6.45) is -8.18. The number of nitrogens with two attached hydrogens (primary N) is 1. The molecule has 1 fully saturated rings. The molecule has 6 nitrogen and oxygen atoms in total. The van der Waals surface area contributed by atoms with Crippen LogP contribution in [0.25, 0.3) is 0 Å². The van der Waals surface area contributed by atoms with Gasteiger partial charge < -0.3 is 25.5 Å². The normalized spacial score (nSPS) is 60.0. The van der Waals surface area contributed by atoms with Crippen LogP contribution in [0.15, 0.2) is 0 Å². The Morgan fingerprint density at radius 2 is 1.57 bits per heavy atom. The topological polar surface area (TPSA) is 127 Å². The molecule has 7 N–H and O–H groups in total. The van der Waals surface area contributed by atoms with Crippen molar-refractivity contribution in [2.24, 2.45) is 5.73 Å². The van der Waals surface area contributed by atoms with Gasteiger partial charge in [-0.25, -0.2) is 4.39 Å². The van der Waals surface area contributed by atoms with Gasteiger partial charge in [0.25, 0.3) is 0 Å². The molecule has 7 heteroatoms. The molecular weight excluding hydrogens is 197 g/mol. The summed E-state index contributed by atoms with van der Waals surface area (Å²) >= 11 is 0. The van der Waals surface area contributed by atoms with Gasteiger partial charge in [0.15, 0.2) is 0 Å². The van der Waals surface area contributed by atoms with Crippen LogP contribution in [0.4, 0.5) is 4.39 Å². The van der Waals surface area contributed by atoms with Crippen molar-refractivity contribution in [3.05, 3.63) is 0 Å². The Hall–Kier alpha value is -0.310. The minimum Gasteiger partial charge on any atom is -0.387 e. The number of hydrogen-bond acceptors (Lipinski definition) is 6. The third-order valence-corrected chi connectivity index (χ3v) is 2.67. The first kappa shape index (κ1) is 11.8. The summed E-state index contributed by atoms with van der Waals surface area (Å²) in [5.74, 6) is -3.07. The van der Waals surface area contributed by atoms with Crippen molar-refractivity contribution in [1.29, 1.82) is 0 Å². The molecule has 14 heavy (non-hydrogen) atoms. The number of hydrogen-bond donors (Lipinski definition) is 6. The van der Waals surface area contributed by atoms with E-state index in [-0.39, 0.29) is 0 Å². The van der Waals surface area contributed by atoms with E-state index in [0.29, 0.717) is 0 Å². The van der Waals surface area contributed by atoms with E-state index in [0.717, 1.165) is 6.92 Å². The Labute approximate surface area is 79.4 Å². The van der Waals surface area contributed by atoms with E-state index < -0.39 is 35.8 Å².